The molecule has 0 aromatic heterocycles. The Bertz CT molecular complexity index is 1050. The third-order valence-electron chi connectivity index (χ3n) is 5.27. The Morgan fingerprint density at radius 1 is 1.09 bits per heavy atom. The van der Waals surface area contributed by atoms with E-state index in [4.69, 9.17) is 11.6 Å². The monoisotopic (exact) mass is 477 g/mol. The summed E-state index contributed by atoms with van der Waals surface area (Å²) in [6.45, 7) is 5.68. The number of sulfonamides is 1. The number of piperidine rings is 1. The van der Waals surface area contributed by atoms with Gasteiger partial charge in [-0.25, -0.2) is 8.42 Å². The Kier molecular flexibility index (Phi) is 7.79. The molecular formula is C23H28ClN3O4S. The number of amides is 2. The van der Waals surface area contributed by atoms with Crippen molar-refractivity contribution < 1.29 is 18.0 Å². The van der Waals surface area contributed by atoms with E-state index in [-0.39, 0.29) is 22.6 Å². The number of nitrogens with zero attached hydrogens (tertiary/aromatic N) is 1. The summed E-state index contributed by atoms with van der Waals surface area (Å²) in [7, 11) is -3.76. The van der Waals surface area contributed by atoms with Gasteiger partial charge in [-0.15, -0.1) is 0 Å². The molecule has 1 saturated heterocycles. The van der Waals surface area contributed by atoms with Crippen molar-refractivity contribution in [3.05, 3.63) is 59.1 Å². The van der Waals surface area contributed by atoms with Crippen LogP contribution in [-0.2, 0) is 14.8 Å². The topological polar surface area (TPSA) is 95.6 Å². The van der Waals surface area contributed by atoms with Crippen molar-refractivity contribution in [1.29, 1.82) is 0 Å². The second kappa shape index (κ2) is 10.4. The Hall–Kier alpha value is -2.58. The molecule has 0 spiro atoms. The minimum atomic E-state index is -3.76. The summed E-state index contributed by atoms with van der Waals surface area (Å²) in [5.74, 6) is -0.0190. The predicted molar refractivity (Wildman–Crippen MR) is 125 cm³/mol. The van der Waals surface area contributed by atoms with E-state index < -0.39 is 10.0 Å². The SMILES string of the molecule is CC(C)CNC(=O)[C@@H]1CCCN(C(=O)c2ccc(NS(=O)(=O)c3ccc(Cl)cc3)cc2)C1. The average molecular weight is 478 g/mol. The number of hydrogen-bond donors (Lipinski definition) is 2. The zero-order valence-electron chi connectivity index (χ0n) is 18.2. The maximum atomic E-state index is 12.9. The summed E-state index contributed by atoms with van der Waals surface area (Å²) in [6.07, 6.45) is 1.53. The van der Waals surface area contributed by atoms with Crippen LogP contribution in [0.15, 0.2) is 53.4 Å². The molecule has 9 heteroatoms. The lowest BCUT2D eigenvalue weighted by Crippen LogP contribution is -2.46. The molecule has 2 N–H and O–H groups in total. The van der Waals surface area contributed by atoms with Gasteiger partial charge < -0.3 is 10.2 Å². The van der Waals surface area contributed by atoms with E-state index in [1.807, 2.05) is 13.8 Å². The first-order valence-corrected chi connectivity index (χ1v) is 12.5. The van der Waals surface area contributed by atoms with E-state index >= 15 is 0 Å². The number of nitrogens with one attached hydrogen (secondary N) is 2. The van der Waals surface area contributed by atoms with E-state index in [1.54, 1.807) is 29.2 Å². The minimum Gasteiger partial charge on any atom is -0.356 e. The van der Waals surface area contributed by atoms with Gasteiger partial charge in [0.25, 0.3) is 15.9 Å². The number of hydrogen-bond acceptors (Lipinski definition) is 4. The van der Waals surface area contributed by atoms with Gasteiger partial charge in [0.1, 0.15) is 0 Å². The molecule has 0 radical (unpaired) electrons. The number of likely N-dealkylation sites (tertiary alicyclic amines) is 1. The fraction of sp³-hybridized carbons (Fsp3) is 0.391. The van der Waals surface area contributed by atoms with E-state index in [9.17, 15) is 18.0 Å². The minimum absolute atomic E-state index is 0.0110. The largest absolute Gasteiger partial charge is 0.356 e. The normalized spacial score (nSPS) is 16.6. The first kappa shape index (κ1) is 24.1. The standard InChI is InChI=1S/C23H28ClN3O4S/c1-16(2)14-25-22(28)18-4-3-13-27(15-18)23(29)17-5-9-20(10-6-17)26-32(30,31)21-11-7-19(24)8-12-21/h5-12,16,18,26H,3-4,13-15H2,1-2H3,(H,25,28)/t18-/m1/s1. The van der Waals surface area contributed by atoms with Crippen molar-refractivity contribution in [3.8, 4) is 0 Å². The summed E-state index contributed by atoms with van der Waals surface area (Å²) >= 11 is 5.81. The van der Waals surface area contributed by atoms with Crippen LogP contribution in [0.4, 0.5) is 5.69 Å². The summed E-state index contributed by atoms with van der Waals surface area (Å²) < 4.78 is 27.5. The zero-order chi connectivity index (χ0) is 23.3. The molecule has 1 aliphatic rings. The summed E-state index contributed by atoms with van der Waals surface area (Å²) in [4.78, 5) is 27.1. The maximum absolute atomic E-state index is 12.9. The van der Waals surface area contributed by atoms with Crippen LogP contribution in [0.3, 0.4) is 0 Å². The van der Waals surface area contributed by atoms with Crippen molar-refractivity contribution in [1.82, 2.24) is 10.2 Å². The Balaban J connectivity index is 1.63. The van der Waals surface area contributed by atoms with E-state index in [2.05, 4.69) is 10.0 Å². The summed E-state index contributed by atoms with van der Waals surface area (Å²) in [5, 5.41) is 3.40. The van der Waals surface area contributed by atoms with Crippen molar-refractivity contribution in [2.24, 2.45) is 11.8 Å². The molecule has 0 bridgehead atoms. The third-order valence-corrected chi connectivity index (χ3v) is 6.92. The Morgan fingerprint density at radius 3 is 2.38 bits per heavy atom. The molecule has 2 aromatic rings. The maximum Gasteiger partial charge on any atom is 0.261 e. The molecule has 3 rings (SSSR count). The highest BCUT2D eigenvalue weighted by Gasteiger charge is 2.29. The molecular weight excluding hydrogens is 450 g/mol. The van der Waals surface area contributed by atoms with Gasteiger partial charge in [0.2, 0.25) is 5.91 Å². The van der Waals surface area contributed by atoms with Gasteiger partial charge in [0.15, 0.2) is 0 Å². The van der Waals surface area contributed by atoms with E-state index in [0.29, 0.717) is 41.8 Å². The predicted octanol–water partition coefficient (Wildman–Crippen LogP) is 3.77. The van der Waals surface area contributed by atoms with Gasteiger partial charge in [-0.2, -0.15) is 0 Å². The van der Waals surface area contributed by atoms with E-state index in [1.165, 1.54) is 24.3 Å². The zero-order valence-corrected chi connectivity index (χ0v) is 19.7. The van der Waals surface area contributed by atoms with Gasteiger partial charge in [-0.05, 0) is 67.3 Å². The molecule has 2 amide bonds. The van der Waals surface area contributed by atoms with Crippen LogP contribution in [0.2, 0.25) is 5.02 Å². The third kappa shape index (κ3) is 6.23. The van der Waals surface area contributed by atoms with Crippen LogP contribution in [0, 0.1) is 11.8 Å². The van der Waals surface area contributed by atoms with Crippen molar-refractivity contribution in [2.45, 2.75) is 31.6 Å². The number of halogens is 1. The molecule has 1 fully saturated rings. The van der Waals surface area contributed by atoms with Gasteiger partial charge in [0, 0.05) is 35.9 Å². The molecule has 1 atom stereocenters. The highest BCUT2D eigenvalue weighted by Crippen LogP contribution is 2.22. The van der Waals surface area contributed by atoms with Crippen molar-refractivity contribution >= 4 is 39.1 Å². The number of benzene rings is 2. The van der Waals surface area contributed by atoms with Gasteiger partial charge >= 0.3 is 0 Å². The summed E-state index contributed by atoms with van der Waals surface area (Å²) in [6, 6.07) is 12.1. The fourth-order valence-electron chi connectivity index (χ4n) is 3.52. The van der Waals surface area contributed by atoms with Crippen molar-refractivity contribution in [2.75, 3.05) is 24.4 Å². The highest BCUT2D eigenvalue weighted by atomic mass is 35.5. The van der Waals surface area contributed by atoms with Gasteiger partial charge in [0.05, 0.1) is 10.8 Å². The highest BCUT2D eigenvalue weighted by molar-refractivity contribution is 7.92. The first-order chi connectivity index (χ1) is 15.2. The lowest BCUT2D eigenvalue weighted by atomic mass is 9.96. The van der Waals surface area contributed by atoms with E-state index in [0.717, 1.165) is 12.8 Å². The quantitative estimate of drug-likeness (QED) is 0.634. The molecule has 172 valence electrons. The molecule has 0 aliphatic carbocycles. The molecule has 1 aliphatic heterocycles. The van der Waals surface area contributed by atoms with Crippen LogP contribution in [0.1, 0.15) is 37.0 Å². The number of rotatable bonds is 7. The molecule has 0 unspecified atom stereocenters. The van der Waals surface area contributed by atoms with Gasteiger partial charge in [-0.3, -0.25) is 14.3 Å². The van der Waals surface area contributed by atoms with Crippen LogP contribution in [0.25, 0.3) is 0 Å². The Morgan fingerprint density at radius 2 is 1.75 bits per heavy atom. The van der Waals surface area contributed by atoms with Crippen molar-refractivity contribution in [3.63, 3.8) is 0 Å². The second-order valence-corrected chi connectivity index (χ2v) is 10.5. The molecule has 32 heavy (non-hydrogen) atoms. The van der Waals surface area contributed by atoms with Crippen LogP contribution in [-0.4, -0.2) is 44.8 Å². The molecule has 0 saturated carbocycles. The number of anilines is 1. The average Bonchev–Trinajstić information content (AvgIpc) is 2.77. The lowest BCUT2D eigenvalue weighted by Gasteiger charge is -2.32. The molecule has 1 heterocycles. The fourth-order valence-corrected chi connectivity index (χ4v) is 4.70. The number of carbonyl (C=O) groups excluding carboxylic acids is 2. The molecule has 7 nitrogen and oxygen atoms in total. The van der Waals surface area contributed by atoms with Crippen LogP contribution in [0.5, 0.6) is 0 Å². The summed E-state index contributed by atoms with van der Waals surface area (Å²) in [5.41, 5.74) is 0.795. The van der Waals surface area contributed by atoms with Crippen LogP contribution < -0.4 is 10.0 Å². The first-order valence-electron chi connectivity index (χ1n) is 10.6. The lowest BCUT2D eigenvalue weighted by molar-refractivity contribution is -0.126. The Labute approximate surface area is 194 Å². The second-order valence-electron chi connectivity index (χ2n) is 8.37. The molecule has 2 aromatic carbocycles. The van der Waals surface area contributed by atoms with Gasteiger partial charge in [-0.1, -0.05) is 25.4 Å². The number of carbonyl (C=O) groups is 2. The van der Waals surface area contributed by atoms with Crippen LogP contribution >= 0.6 is 11.6 Å². The smallest absolute Gasteiger partial charge is 0.261 e.